The third-order valence-corrected chi connectivity index (χ3v) is 5.96. The largest absolute Gasteiger partial charge is 0.486 e. The molecule has 2 unspecified atom stereocenters. The molecule has 1 aromatic heterocycles. The molecule has 0 radical (unpaired) electrons. The van der Waals surface area contributed by atoms with E-state index in [-0.39, 0.29) is 12.1 Å². The summed E-state index contributed by atoms with van der Waals surface area (Å²) in [7, 11) is 0. The summed E-state index contributed by atoms with van der Waals surface area (Å²) < 4.78 is 6.19. The lowest BCUT2D eigenvalue weighted by Crippen LogP contribution is -2.30. The Hall–Kier alpha value is -3.20. The SMILES string of the molecule is Cc1ccc(-c2cccc(OC3CN([C@H](C)c4ccc(C)nc4)CC3O)c2)c(C#N)c1. The normalized spacial score (nSPS) is 19.7. The van der Waals surface area contributed by atoms with E-state index in [1.807, 2.05) is 68.6 Å². The van der Waals surface area contributed by atoms with Gasteiger partial charge in [0.1, 0.15) is 18.0 Å². The molecule has 3 atom stereocenters. The van der Waals surface area contributed by atoms with Gasteiger partial charge in [0.15, 0.2) is 0 Å². The van der Waals surface area contributed by atoms with E-state index >= 15 is 0 Å². The predicted octanol–water partition coefficient (Wildman–Crippen LogP) is 4.42. The van der Waals surface area contributed by atoms with Crippen molar-refractivity contribution < 1.29 is 9.84 Å². The number of nitriles is 1. The van der Waals surface area contributed by atoms with Gasteiger partial charge in [0.2, 0.25) is 0 Å². The first-order chi connectivity index (χ1) is 14.9. The van der Waals surface area contributed by atoms with Gasteiger partial charge in [-0.2, -0.15) is 5.26 Å². The number of nitrogens with zero attached hydrogens (tertiary/aromatic N) is 3. The van der Waals surface area contributed by atoms with Crippen molar-refractivity contribution in [2.45, 2.75) is 39.0 Å². The Morgan fingerprint density at radius 1 is 1.13 bits per heavy atom. The van der Waals surface area contributed by atoms with E-state index in [1.165, 1.54) is 0 Å². The smallest absolute Gasteiger partial charge is 0.138 e. The lowest BCUT2D eigenvalue weighted by molar-refractivity contribution is 0.0736. The summed E-state index contributed by atoms with van der Waals surface area (Å²) in [5.41, 5.74) is 5.63. The highest BCUT2D eigenvalue weighted by Gasteiger charge is 2.35. The first-order valence-electron chi connectivity index (χ1n) is 10.6. The molecule has 1 N–H and O–H groups in total. The highest BCUT2D eigenvalue weighted by Crippen LogP contribution is 2.30. The third-order valence-electron chi connectivity index (χ3n) is 5.96. The quantitative estimate of drug-likeness (QED) is 0.670. The summed E-state index contributed by atoms with van der Waals surface area (Å²) in [6, 6.07) is 20.1. The topological polar surface area (TPSA) is 69.4 Å². The fourth-order valence-electron chi connectivity index (χ4n) is 4.07. The Morgan fingerprint density at radius 2 is 1.97 bits per heavy atom. The van der Waals surface area contributed by atoms with Crippen LogP contribution in [0.5, 0.6) is 5.75 Å². The van der Waals surface area contributed by atoms with Gasteiger partial charge in [-0.05, 0) is 67.3 Å². The zero-order valence-electron chi connectivity index (χ0n) is 18.1. The summed E-state index contributed by atoms with van der Waals surface area (Å²) in [6.45, 7) is 7.26. The first-order valence-corrected chi connectivity index (χ1v) is 10.6. The van der Waals surface area contributed by atoms with Gasteiger partial charge in [-0.1, -0.05) is 30.3 Å². The lowest BCUT2D eigenvalue weighted by atomic mass is 9.98. The van der Waals surface area contributed by atoms with Crippen LogP contribution < -0.4 is 4.74 Å². The molecule has 1 aliphatic rings. The maximum Gasteiger partial charge on any atom is 0.138 e. The van der Waals surface area contributed by atoms with Crippen molar-refractivity contribution in [2.75, 3.05) is 13.1 Å². The Labute approximate surface area is 183 Å². The molecule has 0 amide bonds. The number of aryl methyl sites for hydroxylation is 2. The minimum Gasteiger partial charge on any atom is -0.486 e. The van der Waals surface area contributed by atoms with E-state index in [9.17, 15) is 10.4 Å². The van der Waals surface area contributed by atoms with Gasteiger partial charge in [0.05, 0.1) is 11.6 Å². The van der Waals surface area contributed by atoms with Gasteiger partial charge in [0.25, 0.3) is 0 Å². The summed E-state index contributed by atoms with van der Waals surface area (Å²) in [6.07, 6.45) is 1.02. The second-order valence-corrected chi connectivity index (χ2v) is 8.28. The number of likely N-dealkylation sites (tertiary alicyclic amines) is 1. The maximum atomic E-state index is 10.6. The summed E-state index contributed by atoms with van der Waals surface area (Å²) >= 11 is 0. The molecule has 0 aliphatic carbocycles. The fraction of sp³-hybridized carbons (Fsp3) is 0.308. The molecule has 4 rings (SSSR count). The minimum atomic E-state index is -0.571. The molecule has 158 valence electrons. The standard InChI is InChI=1S/C26H27N3O2/c1-17-7-10-24(22(11-17)13-27)20-5-4-6-23(12-20)31-26-16-29(15-25(26)30)19(3)21-9-8-18(2)28-14-21/h4-12,14,19,25-26,30H,15-16H2,1-3H3/t19-,25?,26?/m1/s1. The zero-order valence-corrected chi connectivity index (χ0v) is 18.1. The number of aliphatic hydroxyl groups excluding tert-OH is 1. The number of ether oxygens (including phenoxy) is 1. The van der Waals surface area contributed by atoms with Crippen molar-refractivity contribution in [3.05, 3.63) is 83.2 Å². The Morgan fingerprint density at radius 3 is 2.71 bits per heavy atom. The molecule has 2 aromatic carbocycles. The van der Waals surface area contributed by atoms with Crippen LogP contribution in [0.4, 0.5) is 0 Å². The molecule has 31 heavy (non-hydrogen) atoms. The molecule has 0 saturated carbocycles. The molecule has 2 heterocycles. The van der Waals surface area contributed by atoms with E-state index in [0.717, 1.165) is 27.9 Å². The van der Waals surface area contributed by atoms with Crippen molar-refractivity contribution in [3.63, 3.8) is 0 Å². The van der Waals surface area contributed by atoms with Crippen molar-refractivity contribution in [3.8, 4) is 22.9 Å². The van der Waals surface area contributed by atoms with E-state index in [0.29, 0.717) is 24.4 Å². The lowest BCUT2D eigenvalue weighted by Gasteiger charge is -2.24. The zero-order chi connectivity index (χ0) is 22.0. The van der Waals surface area contributed by atoms with Crippen LogP contribution in [0.2, 0.25) is 0 Å². The van der Waals surface area contributed by atoms with E-state index in [1.54, 1.807) is 0 Å². The van der Waals surface area contributed by atoms with Crippen molar-refractivity contribution in [1.82, 2.24) is 9.88 Å². The average Bonchev–Trinajstić information content (AvgIpc) is 3.14. The van der Waals surface area contributed by atoms with E-state index in [4.69, 9.17) is 4.74 Å². The van der Waals surface area contributed by atoms with Gasteiger partial charge in [-0.25, -0.2) is 0 Å². The number of aliphatic hydroxyl groups is 1. The van der Waals surface area contributed by atoms with Gasteiger partial charge in [-0.3, -0.25) is 9.88 Å². The van der Waals surface area contributed by atoms with Crippen LogP contribution in [0.25, 0.3) is 11.1 Å². The van der Waals surface area contributed by atoms with Crippen LogP contribution >= 0.6 is 0 Å². The van der Waals surface area contributed by atoms with Crippen molar-refractivity contribution in [2.24, 2.45) is 0 Å². The van der Waals surface area contributed by atoms with Crippen LogP contribution in [-0.4, -0.2) is 40.3 Å². The number of hydrogen-bond acceptors (Lipinski definition) is 5. The predicted molar refractivity (Wildman–Crippen MR) is 121 cm³/mol. The number of aromatic nitrogens is 1. The second-order valence-electron chi connectivity index (χ2n) is 8.28. The molecule has 3 aromatic rings. The van der Waals surface area contributed by atoms with Crippen molar-refractivity contribution >= 4 is 0 Å². The van der Waals surface area contributed by atoms with Gasteiger partial charge in [0, 0.05) is 31.0 Å². The molecule has 5 heteroatoms. The third kappa shape index (κ3) is 4.61. The molecular weight excluding hydrogens is 386 g/mol. The number of hydrogen-bond donors (Lipinski definition) is 1. The summed E-state index contributed by atoms with van der Waals surface area (Å²) in [5, 5.41) is 20.1. The first kappa shape index (κ1) is 21.0. The summed E-state index contributed by atoms with van der Waals surface area (Å²) in [5.74, 6) is 0.692. The Balaban J connectivity index is 1.49. The van der Waals surface area contributed by atoms with Crippen LogP contribution in [0, 0.1) is 25.2 Å². The van der Waals surface area contributed by atoms with Crippen LogP contribution in [0.1, 0.15) is 35.3 Å². The van der Waals surface area contributed by atoms with Gasteiger partial charge >= 0.3 is 0 Å². The minimum absolute atomic E-state index is 0.147. The molecule has 5 nitrogen and oxygen atoms in total. The maximum absolute atomic E-state index is 10.6. The van der Waals surface area contributed by atoms with Crippen LogP contribution in [0.15, 0.2) is 60.8 Å². The molecule has 0 bridgehead atoms. The number of β-amino-alcohol motifs (C(OH)–C–C–N with tert-alkyl or cyclic N) is 1. The monoisotopic (exact) mass is 413 g/mol. The fourth-order valence-corrected chi connectivity index (χ4v) is 4.07. The van der Waals surface area contributed by atoms with E-state index in [2.05, 4.69) is 28.9 Å². The van der Waals surface area contributed by atoms with Gasteiger partial charge in [-0.15, -0.1) is 0 Å². The summed E-state index contributed by atoms with van der Waals surface area (Å²) in [4.78, 5) is 6.61. The molecular formula is C26H27N3O2. The highest BCUT2D eigenvalue weighted by molar-refractivity contribution is 5.72. The number of pyridine rings is 1. The molecule has 1 aliphatic heterocycles. The highest BCUT2D eigenvalue weighted by atomic mass is 16.5. The Kier molecular flexibility index (Phi) is 6.03. The molecule has 0 spiro atoms. The Bertz CT molecular complexity index is 1100. The average molecular weight is 414 g/mol. The molecule has 1 fully saturated rings. The number of benzene rings is 2. The van der Waals surface area contributed by atoms with Crippen LogP contribution in [0.3, 0.4) is 0 Å². The molecule has 1 saturated heterocycles. The van der Waals surface area contributed by atoms with Gasteiger partial charge < -0.3 is 9.84 Å². The second kappa shape index (κ2) is 8.89. The number of rotatable bonds is 5. The van der Waals surface area contributed by atoms with Crippen LogP contribution in [-0.2, 0) is 0 Å². The van der Waals surface area contributed by atoms with Crippen molar-refractivity contribution in [1.29, 1.82) is 5.26 Å². The van der Waals surface area contributed by atoms with E-state index < -0.39 is 6.10 Å².